The molecule has 1 aromatic rings. The summed E-state index contributed by atoms with van der Waals surface area (Å²) in [6, 6.07) is 5.54. The Morgan fingerprint density at radius 2 is 2.07 bits per heavy atom. The first-order chi connectivity index (χ1) is 14.5. The predicted octanol–water partition coefficient (Wildman–Crippen LogP) is 3.32. The normalized spacial score (nSPS) is 15.0. The molecule has 0 spiro atoms. The van der Waals surface area contributed by atoms with Gasteiger partial charge in [0.1, 0.15) is 0 Å². The van der Waals surface area contributed by atoms with Crippen molar-refractivity contribution >= 4 is 35.1 Å². The summed E-state index contributed by atoms with van der Waals surface area (Å²) in [6.45, 7) is 7.40. The molecule has 1 saturated heterocycles. The minimum atomic E-state index is -0.108. The number of carbonyl (C=O) groups excluding carboxylic acids is 2. The van der Waals surface area contributed by atoms with Crippen LogP contribution in [-0.4, -0.2) is 55.4 Å². The van der Waals surface area contributed by atoms with Gasteiger partial charge in [-0.05, 0) is 50.8 Å². The van der Waals surface area contributed by atoms with Gasteiger partial charge in [0, 0.05) is 45.6 Å². The third kappa shape index (κ3) is 8.61. The van der Waals surface area contributed by atoms with Crippen LogP contribution in [0, 0.1) is 6.92 Å². The molecule has 2 rings (SSSR count). The number of halogens is 1. The molecule has 30 heavy (non-hydrogen) atoms. The molecule has 0 radical (unpaired) electrons. The SMILES string of the molecule is CCNC(=NCCCN1CCCCCC1=O)NCCC(=O)Nc1ccc(C)cc1Cl. The van der Waals surface area contributed by atoms with Crippen molar-refractivity contribution < 1.29 is 9.59 Å². The van der Waals surface area contributed by atoms with E-state index in [1.807, 2.05) is 36.9 Å². The Hall–Kier alpha value is -2.28. The number of amides is 2. The molecule has 0 atom stereocenters. The Morgan fingerprint density at radius 1 is 1.23 bits per heavy atom. The molecule has 1 aliphatic rings. The summed E-state index contributed by atoms with van der Waals surface area (Å²) in [5.74, 6) is 0.839. The minimum absolute atomic E-state index is 0.108. The lowest BCUT2D eigenvalue weighted by atomic mass is 10.2. The first kappa shape index (κ1) is 24.0. The second-order valence-electron chi connectivity index (χ2n) is 7.51. The number of nitrogens with zero attached hydrogens (tertiary/aromatic N) is 2. The molecular weight excluding hydrogens is 402 g/mol. The van der Waals surface area contributed by atoms with Crippen LogP contribution in [0.5, 0.6) is 0 Å². The fourth-order valence-electron chi connectivity index (χ4n) is 3.30. The van der Waals surface area contributed by atoms with Gasteiger partial charge >= 0.3 is 0 Å². The molecule has 3 N–H and O–H groups in total. The molecule has 1 fully saturated rings. The van der Waals surface area contributed by atoms with Gasteiger partial charge in [-0.15, -0.1) is 0 Å². The molecule has 8 heteroatoms. The van der Waals surface area contributed by atoms with Crippen molar-refractivity contribution in [1.29, 1.82) is 0 Å². The average molecular weight is 436 g/mol. The summed E-state index contributed by atoms with van der Waals surface area (Å²) in [6.07, 6.45) is 5.04. The van der Waals surface area contributed by atoms with E-state index in [0.29, 0.717) is 42.6 Å². The van der Waals surface area contributed by atoms with Gasteiger partial charge in [-0.1, -0.05) is 24.1 Å². The zero-order valence-electron chi connectivity index (χ0n) is 18.1. The lowest BCUT2D eigenvalue weighted by Gasteiger charge is -2.20. The van der Waals surface area contributed by atoms with Crippen LogP contribution < -0.4 is 16.0 Å². The monoisotopic (exact) mass is 435 g/mol. The molecule has 1 aromatic carbocycles. The predicted molar refractivity (Wildman–Crippen MR) is 123 cm³/mol. The van der Waals surface area contributed by atoms with E-state index in [1.165, 1.54) is 0 Å². The van der Waals surface area contributed by atoms with Gasteiger partial charge in [0.25, 0.3) is 0 Å². The largest absolute Gasteiger partial charge is 0.357 e. The van der Waals surface area contributed by atoms with Crippen molar-refractivity contribution in [3.05, 3.63) is 28.8 Å². The second-order valence-corrected chi connectivity index (χ2v) is 7.92. The van der Waals surface area contributed by atoms with E-state index >= 15 is 0 Å². The molecule has 2 amide bonds. The van der Waals surface area contributed by atoms with Gasteiger partial charge in [0.15, 0.2) is 5.96 Å². The van der Waals surface area contributed by atoms with Crippen LogP contribution in [0.2, 0.25) is 5.02 Å². The van der Waals surface area contributed by atoms with Crippen molar-refractivity contribution in [2.45, 2.75) is 52.4 Å². The average Bonchev–Trinajstić information content (AvgIpc) is 2.91. The number of aliphatic imine (C=N–C) groups is 1. The number of anilines is 1. The standard InChI is InChI=1S/C22H34ClN5O2/c1-3-24-22(25-12-7-15-28-14-6-4-5-8-21(28)30)26-13-11-20(29)27-19-10-9-17(2)16-18(19)23/h9-10,16H,3-8,11-15H2,1-2H3,(H,27,29)(H2,24,25,26). The van der Waals surface area contributed by atoms with Gasteiger partial charge in [0.05, 0.1) is 10.7 Å². The Morgan fingerprint density at radius 3 is 2.83 bits per heavy atom. The first-order valence-corrected chi connectivity index (χ1v) is 11.2. The number of rotatable bonds is 9. The van der Waals surface area contributed by atoms with E-state index in [9.17, 15) is 9.59 Å². The number of carbonyl (C=O) groups is 2. The number of aryl methyl sites for hydroxylation is 1. The van der Waals surface area contributed by atoms with E-state index < -0.39 is 0 Å². The van der Waals surface area contributed by atoms with Crippen molar-refractivity contribution in [2.75, 3.05) is 38.0 Å². The molecule has 0 unspecified atom stereocenters. The van der Waals surface area contributed by atoms with Gasteiger partial charge in [0.2, 0.25) is 11.8 Å². The maximum absolute atomic E-state index is 12.2. The van der Waals surface area contributed by atoms with Crippen LogP contribution in [0.4, 0.5) is 5.69 Å². The number of hydrogen-bond acceptors (Lipinski definition) is 3. The summed E-state index contributed by atoms with van der Waals surface area (Å²) in [5, 5.41) is 9.74. The van der Waals surface area contributed by atoms with E-state index in [2.05, 4.69) is 20.9 Å². The zero-order chi connectivity index (χ0) is 21.8. The van der Waals surface area contributed by atoms with E-state index in [0.717, 1.165) is 50.9 Å². The van der Waals surface area contributed by atoms with Gasteiger partial charge < -0.3 is 20.9 Å². The number of hydrogen-bond donors (Lipinski definition) is 3. The summed E-state index contributed by atoms with van der Waals surface area (Å²) >= 11 is 6.16. The fraction of sp³-hybridized carbons (Fsp3) is 0.591. The minimum Gasteiger partial charge on any atom is -0.357 e. The molecule has 166 valence electrons. The maximum atomic E-state index is 12.2. The molecule has 0 aliphatic carbocycles. The highest BCUT2D eigenvalue weighted by Gasteiger charge is 2.15. The summed E-state index contributed by atoms with van der Waals surface area (Å²) in [5.41, 5.74) is 1.67. The van der Waals surface area contributed by atoms with E-state index in [-0.39, 0.29) is 11.8 Å². The number of nitrogens with one attached hydrogen (secondary N) is 3. The third-order valence-electron chi connectivity index (χ3n) is 4.91. The highest BCUT2D eigenvalue weighted by molar-refractivity contribution is 6.33. The zero-order valence-corrected chi connectivity index (χ0v) is 18.9. The Labute approximate surface area is 184 Å². The Balaban J connectivity index is 1.72. The van der Waals surface area contributed by atoms with Crippen LogP contribution in [0.3, 0.4) is 0 Å². The topological polar surface area (TPSA) is 85.8 Å². The lowest BCUT2D eigenvalue weighted by molar-refractivity contribution is -0.130. The fourth-order valence-corrected chi connectivity index (χ4v) is 3.58. The van der Waals surface area contributed by atoms with Crippen molar-refractivity contribution in [3.8, 4) is 0 Å². The molecule has 1 heterocycles. The molecular formula is C22H34ClN5O2. The van der Waals surface area contributed by atoms with Crippen molar-refractivity contribution in [2.24, 2.45) is 4.99 Å². The van der Waals surface area contributed by atoms with E-state index in [4.69, 9.17) is 11.6 Å². The Bertz CT molecular complexity index is 738. The number of benzene rings is 1. The van der Waals surface area contributed by atoms with Crippen LogP contribution >= 0.6 is 11.6 Å². The lowest BCUT2D eigenvalue weighted by Crippen LogP contribution is -2.39. The Kier molecular flexibility index (Phi) is 10.5. The van der Waals surface area contributed by atoms with Crippen LogP contribution in [0.15, 0.2) is 23.2 Å². The second kappa shape index (κ2) is 13.1. The molecule has 0 bridgehead atoms. The third-order valence-corrected chi connectivity index (χ3v) is 5.23. The summed E-state index contributed by atoms with van der Waals surface area (Å²) in [7, 11) is 0. The molecule has 1 aliphatic heterocycles. The number of likely N-dealkylation sites (tertiary alicyclic amines) is 1. The maximum Gasteiger partial charge on any atom is 0.226 e. The van der Waals surface area contributed by atoms with Gasteiger partial charge in [-0.2, -0.15) is 0 Å². The highest BCUT2D eigenvalue weighted by Crippen LogP contribution is 2.22. The van der Waals surface area contributed by atoms with Crippen molar-refractivity contribution in [3.63, 3.8) is 0 Å². The van der Waals surface area contributed by atoms with Crippen molar-refractivity contribution in [1.82, 2.24) is 15.5 Å². The quantitative estimate of drug-likeness (QED) is 0.315. The highest BCUT2D eigenvalue weighted by atomic mass is 35.5. The van der Waals surface area contributed by atoms with Gasteiger partial charge in [-0.25, -0.2) is 0 Å². The first-order valence-electron chi connectivity index (χ1n) is 10.9. The number of guanidine groups is 1. The molecule has 7 nitrogen and oxygen atoms in total. The molecule has 0 aromatic heterocycles. The summed E-state index contributed by atoms with van der Waals surface area (Å²) < 4.78 is 0. The molecule has 0 saturated carbocycles. The smallest absolute Gasteiger partial charge is 0.226 e. The van der Waals surface area contributed by atoms with Gasteiger partial charge in [-0.3, -0.25) is 14.6 Å². The van der Waals surface area contributed by atoms with Crippen LogP contribution in [0.1, 0.15) is 51.0 Å². The van der Waals surface area contributed by atoms with Crippen LogP contribution in [-0.2, 0) is 9.59 Å². The van der Waals surface area contributed by atoms with Crippen LogP contribution in [0.25, 0.3) is 0 Å². The van der Waals surface area contributed by atoms with E-state index in [1.54, 1.807) is 0 Å². The summed E-state index contributed by atoms with van der Waals surface area (Å²) in [4.78, 5) is 30.7.